The maximum Gasteiger partial charge on any atom is -0.00201 e. The van der Waals surface area contributed by atoms with Crippen molar-refractivity contribution in [1.82, 2.24) is 0 Å². The van der Waals surface area contributed by atoms with Gasteiger partial charge in [0, 0.05) is 0 Å². The van der Waals surface area contributed by atoms with Gasteiger partial charge in [-0.2, -0.15) is 0 Å². The van der Waals surface area contributed by atoms with E-state index in [9.17, 15) is 0 Å². The molecule has 1 radical (unpaired) electrons. The molecule has 0 bridgehead atoms. The Morgan fingerprint density at radius 1 is 0.545 bits per heavy atom. The summed E-state index contributed by atoms with van der Waals surface area (Å²) in [4.78, 5) is 0. The highest BCUT2D eigenvalue weighted by Gasteiger charge is 2.21. The Morgan fingerprint density at radius 3 is 2.05 bits per heavy atom. The van der Waals surface area contributed by atoms with Crippen LogP contribution in [0.3, 0.4) is 0 Å². The first kappa shape index (κ1) is 11.8. The van der Waals surface area contributed by atoms with Crippen LogP contribution in [-0.4, -0.2) is 0 Å². The second-order valence-electron chi connectivity index (χ2n) is 5.73. The Morgan fingerprint density at radius 2 is 1.27 bits per heavy atom. The van der Waals surface area contributed by atoms with Crippen LogP contribution >= 0.6 is 0 Å². The van der Waals surface area contributed by atoms with Crippen molar-refractivity contribution in [2.24, 2.45) is 0 Å². The van der Waals surface area contributed by atoms with Crippen LogP contribution in [0.2, 0.25) is 0 Å². The fourth-order valence-corrected chi connectivity index (χ4v) is 3.62. The van der Waals surface area contributed by atoms with E-state index < -0.39 is 0 Å². The molecule has 0 saturated carbocycles. The van der Waals surface area contributed by atoms with Crippen LogP contribution in [-0.2, 0) is 0 Å². The van der Waals surface area contributed by atoms with E-state index in [2.05, 4.69) is 72.8 Å². The first-order valence-electron chi connectivity index (χ1n) is 7.55. The smallest absolute Gasteiger partial charge is 0.00201 e. The third kappa shape index (κ3) is 1.47. The number of hydrogen-bond acceptors (Lipinski definition) is 0. The van der Waals surface area contributed by atoms with Gasteiger partial charge in [-0.15, -0.1) is 0 Å². The molecule has 0 saturated heterocycles. The second kappa shape index (κ2) is 4.32. The van der Waals surface area contributed by atoms with Crippen molar-refractivity contribution in [3.05, 3.63) is 84.9 Å². The largest absolute Gasteiger partial charge is 0.0616 e. The third-order valence-electron chi connectivity index (χ3n) is 4.57. The SMILES string of the molecule is [c]1cccc(-c2ccc3c4c(cccc24)-c2ccccc2-3)c1. The summed E-state index contributed by atoms with van der Waals surface area (Å²) in [6, 6.07) is 31.2. The molecule has 22 heavy (non-hydrogen) atoms. The first-order chi connectivity index (χ1) is 10.9. The molecule has 0 heteroatoms. The van der Waals surface area contributed by atoms with Crippen molar-refractivity contribution in [3.63, 3.8) is 0 Å². The Labute approximate surface area is 129 Å². The molecule has 0 heterocycles. The van der Waals surface area contributed by atoms with Gasteiger partial charge in [-0.3, -0.25) is 0 Å². The zero-order valence-electron chi connectivity index (χ0n) is 12.0. The Bertz CT molecular complexity index is 981. The van der Waals surface area contributed by atoms with Crippen LogP contribution in [0.1, 0.15) is 0 Å². The van der Waals surface area contributed by atoms with Gasteiger partial charge in [0.1, 0.15) is 0 Å². The lowest BCUT2D eigenvalue weighted by Gasteiger charge is -2.09. The zero-order chi connectivity index (χ0) is 14.5. The highest BCUT2D eigenvalue weighted by molar-refractivity contribution is 6.18. The zero-order valence-corrected chi connectivity index (χ0v) is 12.0. The summed E-state index contributed by atoms with van der Waals surface area (Å²) in [7, 11) is 0. The van der Waals surface area contributed by atoms with Crippen LogP contribution < -0.4 is 0 Å². The fourth-order valence-electron chi connectivity index (χ4n) is 3.62. The second-order valence-corrected chi connectivity index (χ2v) is 5.73. The Kier molecular flexibility index (Phi) is 2.31. The molecule has 0 spiro atoms. The van der Waals surface area contributed by atoms with Crippen LogP contribution in [0.25, 0.3) is 44.2 Å². The summed E-state index contributed by atoms with van der Waals surface area (Å²) in [5.41, 5.74) is 7.90. The normalized spacial score (nSPS) is 11.6. The molecule has 5 rings (SSSR count). The topological polar surface area (TPSA) is 0 Å². The summed E-state index contributed by atoms with van der Waals surface area (Å²) in [5, 5.41) is 2.70. The molecular formula is C22H13. The summed E-state index contributed by atoms with van der Waals surface area (Å²) < 4.78 is 0. The van der Waals surface area contributed by atoms with Crippen molar-refractivity contribution in [2.75, 3.05) is 0 Å². The highest BCUT2D eigenvalue weighted by atomic mass is 14.2. The van der Waals surface area contributed by atoms with Gasteiger partial charge >= 0.3 is 0 Å². The number of fused-ring (bicyclic) bond motifs is 3. The highest BCUT2D eigenvalue weighted by Crippen LogP contribution is 2.48. The maximum atomic E-state index is 3.19. The summed E-state index contributed by atoms with van der Waals surface area (Å²) in [6.45, 7) is 0. The molecule has 4 aromatic rings. The molecule has 0 nitrogen and oxygen atoms in total. The van der Waals surface area contributed by atoms with E-state index >= 15 is 0 Å². The van der Waals surface area contributed by atoms with Gasteiger partial charge in [0.2, 0.25) is 0 Å². The van der Waals surface area contributed by atoms with Crippen molar-refractivity contribution in [1.29, 1.82) is 0 Å². The first-order valence-corrected chi connectivity index (χ1v) is 7.55. The van der Waals surface area contributed by atoms with E-state index in [1.165, 1.54) is 44.2 Å². The Balaban J connectivity index is 1.92. The summed E-state index contributed by atoms with van der Waals surface area (Å²) >= 11 is 0. The molecule has 0 fully saturated rings. The van der Waals surface area contributed by atoms with E-state index in [4.69, 9.17) is 0 Å². The monoisotopic (exact) mass is 277 g/mol. The molecule has 1 aliphatic carbocycles. The molecular weight excluding hydrogens is 264 g/mol. The van der Waals surface area contributed by atoms with Gasteiger partial charge in [0.05, 0.1) is 0 Å². The predicted octanol–water partition coefficient (Wildman–Crippen LogP) is 5.95. The minimum absolute atomic E-state index is 1.22. The van der Waals surface area contributed by atoms with Crippen molar-refractivity contribution < 1.29 is 0 Å². The van der Waals surface area contributed by atoms with Crippen LogP contribution in [0.5, 0.6) is 0 Å². The van der Waals surface area contributed by atoms with E-state index in [0.717, 1.165) is 0 Å². The van der Waals surface area contributed by atoms with E-state index in [1.54, 1.807) is 0 Å². The minimum Gasteiger partial charge on any atom is -0.0616 e. The van der Waals surface area contributed by atoms with Gasteiger partial charge in [-0.05, 0) is 56.3 Å². The molecule has 0 N–H and O–H groups in total. The molecule has 0 amide bonds. The lowest BCUT2D eigenvalue weighted by Crippen LogP contribution is -1.82. The van der Waals surface area contributed by atoms with Crippen molar-refractivity contribution in [2.45, 2.75) is 0 Å². The van der Waals surface area contributed by atoms with Gasteiger partial charge in [0.15, 0.2) is 0 Å². The molecule has 0 unspecified atom stereocenters. The van der Waals surface area contributed by atoms with Crippen molar-refractivity contribution >= 4 is 10.8 Å². The maximum absolute atomic E-state index is 3.19. The van der Waals surface area contributed by atoms with Crippen LogP contribution in [0, 0.1) is 6.07 Å². The van der Waals surface area contributed by atoms with Crippen LogP contribution in [0.4, 0.5) is 0 Å². The molecule has 1 aliphatic rings. The minimum atomic E-state index is 1.22. The molecule has 0 aliphatic heterocycles. The van der Waals surface area contributed by atoms with Crippen LogP contribution in [0.15, 0.2) is 78.9 Å². The van der Waals surface area contributed by atoms with E-state index in [1.807, 2.05) is 12.1 Å². The van der Waals surface area contributed by atoms with Gasteiger partial charge in [0.25, 0.3) is 0 Å². The fraction of sp³-hybridized carbons (Fsp3) is 0. The lowest BCUT2D eigenvalue weighted by atomic mass is 9.94. The lowest BCUT2D eigenvalue weighted by molar-refractivity contribution is 1.65. The predicted molar refractivity (Wildman–Crippen MR) is 92.7 cm³/mol. The molecule has 4 aromatic carbocycles. The number of benzene rings is 4. The quantitative estimate of drug-likeness (QED) is 0.355. The van der Waals surface area contributed by atoms with E-state index in [0.29, 0.717) is 0 Å². The van der Waals surface area contributed by atoms with E-state index in [-0.39, 0.29) is 0 Å². The number of hydrogen-bond donors (Lipinski definition) is 0. The van der Waals surface area contributed by atoms with Crippen molar-refractivity contribution in [3.8, 4) is 33.4 Å². The number of rotatable bonds is 1. The molecule has 0 atom stereocenters. The summed E-state index contributed by atoms with van der Waals surface area (Å²) in [6.07, 6.45) is 0. The third-order valence-corrected chi connectivity index (χ3v) is 4.57. The average Bonchev–Trinajstić information content (AvgIpc) is 2.93. The van der Waals surface area contributed by atoms with Gasteiger partial charge in [-0.1, -0.05) is 72.8 Å². The molecule has 101 valence electrons. The average molecular weight is 277 g/mol. The Hall–Kier alpha value is -2.86. The standard InChI is InChI=1S/C22H13/c1-2-7-15(8-3-1)16-13-14-21-18-10-5-4-9-17(18)20-12-6-11-19(16)22(20)21/h1-2,4-14H. The van der Waals surface area contributed by atoms with Gasteiger partial charge in [-0.25, -0.2) is 0 Å². The summed E-state index contributed by atoms with van der Waals surface area (Å²) in [5.74, 6) is 0. The van der Waals surface area contributed by atoms with Gasteiger partial charge < -0.3 is 0 Å². The molecule has 0 aromatic heterocycles.